The standard InChI is InChI=1S/C8H14N4O2/c1-13-7-2-4-11(5-3-7)12-6-8(9)14-10-12/h6-7,9H,2-5H2,1H3. The molecule has 0 unspecified atom stereocenters. The first kappa shape index (κ1) is 9.26. The number of methoxy groups -OCH3 is 1. The summed E-state index contributed by atoms with van der Waals surface area (Å²) < 4.78 is 9.94. The van der Waals surface area contributed by atoms with E-state index in [4.69, 9.17) is 10.5 Å². The van der Waals surface area contributed by atoms with Crippen molar-refractivity contribution in [1.29, 1.82) is 0 Å². The predicted octanol–water partition coefficient (Wildman–Crippen LogP) is 0.393. The van der Waals surface area contributed by atoms with Crippen LogP contribution in [-0.2, 0) is 4.74 Å². The van der Waals surface area contributed by atoms with E-state index in [-0.39, 0.29) is 5.88 Å². The summed E-state index contributed by atoms with van der Waals surface area (Å²) in [6, 6.07) is 0. The van der Waals surface area contributed by atoms with Gasteiger partial charge in [0.15, 0.2) is 0 Å². The normalized spacial score (nSPS) is 18.8. The molecule has 0 radical (unpaired) electrons. The zero-order valence-corrected chi connectivity index (χ0v) is 8.14. The zero-order chi connectivity index (χ0) is 9.97. The molecule has 1 saturated heterocycles. The van der Waals surface area contributed by atoms with Crippen LogP contribution in [0.4, 0.5) is 5.88 Å². The monoisotopic (exact) mass is 198 g/mol. The molecular weight excluding hydrogens is 184 g/mol. The summed E-state index contributed by atoms with van der Waals surface area (Å²) in [5.41, 5.74) is 7.21. The van der Waals surface area contributed by atoms with Gasteiger partial charge in [0.2, 0.25) is 5.27 Å². The van der Waals surface area contributed by atoms with Crippen LogP contribution in [0.25, 0.3) is 5.73 Å². The van der Waals surface area contributed by atoms with Gasteiger partial charge in [0, 0.05) is 7.11 Å². The highest BCUT2D eigenvalue weighted by Gasteiger charge is 2.25. The van der Waals surface area contributed by atoms with Crippen molar-refractivity contribution in [3.63, 3.8) is 0 Å². The van der Waals surface area contributed by atoms with Crippen molar-refractivity contribution in [3.8, 4) is 0 Å². The number of hydrogen-bond acceptors (Lipinski definition) is 4. The Hall–Kier alpha value is -1.30. The molecule has 6 heteroatoms. The number of nitrogens with one attached hydrogen (secondary N) is 1. The first-order chi connectivity index (χ1) is 6.79. The van der Waals surface area contributed by atoms with E-state index in [1.165, 1.54) is 0 Å². The summed E-state index contributed by atoms with van der Waals surface area (Å²) >= 11 is 0. The van der Waals surface area contributed by atoms with Crippen molar-refractivity contribution in [3.05, 3.63) is 11.9 Å². The Morgan fingerprint density at radius 1 is 1.64 bits per heavy atom. The van der Waals surface area contributed by atoms with Crippen LogP contribution in [0, 0.1) is 0 Å². The molecule has 14 heavy (non-hydrogen) atoms. The average Bonchev–Trinajstić information content (AvgIpc) is 2.65. The lowest BCUT2D eigenvalue weighted by molar-refractivity contribution is -0.759. The van der Waals surface area contributed by atoms with E-state index < -0.39 is 0 Å². The van der Waals surface area contributed by atoms with Crippen LogP contribution in [0.2, 0.25) is 0 Å². The summed E-state index contributed by atoms with van der Waals surface area (Å²) in [5.74, 6) is 0.0823. The lowest BCUT2D eigenvalue weighted by Crippen LogP contribution is -2.62. The molecule has 2 rings (SSSR count). The lowest BCUT2D eigenvalue weighted by Gasteiger charge is -2.25. The number of aromatic nitrogens is 2. The van der Waals surface area contributed by atoms with E-state index in [1.54, 1.807) is 18.1 Å². The fraction of sp³-hybridized carbons (Fsp3) is 0.750. The van der Waals surface area contributed by atoms with Gasteiger partial charge in [0.25, 0.3) is 6.20 Å². The maximum absolute atomic E-state index is 7.21. The maximum atomic E-state index is 7.21. The molecule has 0 aliphatic carbocycles. The molecule has 0 bridgehead atoms. The molecule has 0 atom stereocenters. The number of hydrogen-bond donors (Lipinski definition) is 0. The summed E-state index contributed by atoms with van der Waals surface area (Å²) in [5, 5.41) is 5.77. The molecule has 1 aromatic rings. The minimum absolute atomic E-state index is 0.0823. The Labute approximate surface area is 82.2 Å². The second-order valence-electron chi connectivity index (χ2n) is 3.38. The Morgan fingerprint density at radius 2 is 2.36 bits per heavy atom. The van der Waals surface area contributed by atoms with Crippen LogP contribution in [0.15, 0.2) is 10.7 Å². The van der Waals surface area contributed by atoms with Crippen molar-refractivity contribution in [2.75, 3.05) is 25.2 Å². The number of rotatable bonds is 2. The average molecular weight is 198 g/mol. The summed E-state index contributed by atoms with van der Waals surface area (Å²) in [7, 11) is 1.74. The molecule has 2 heterocycles. The van der Waals surface area contributed by atoms with Crippen molar-refractivity contribution in [2.45, 2.75) is 18.9 Å². The zero-order valence-electron chi connectivity index (χ0n) is 8.14. The topological polar surface area (TPSA) is 66.2 Å². The molecule has 78 valence electrons. The third-order valence-electron chi connectivity index (χ3n) is 2.50. The van der Waals surface area contributed by atoms with E-state index in [1.807, 2.05) is 5.01 Å². The van der Waals surface area contributed by atoms with Crippen LogP contribution in [-0.4, -0.2) is 31.6 Å². The van der Waals surface area contributed by atoms with E-state index in [2.05, 4.69) is 9.79 Å². The van der Waals surface area contributed by atoms with Gasteiger partial charge in [0.1, 0.15) is 5.88 Å². The molecule has 0 aromatic carbocycles. The van der Waals surface area contributed by atoms with Crippen LogP contribution in [0.3, 0.4) is 0 Å². The first-order valence-corrected chi connectivity index (χ1v) is 4.68. The molecule has 1 N–H and O–H groups in total. The fourth-order valence-electron chi connectivity index (χ4n) is 1.65. The number of piperidine rings is 1. The molecule has 1 aromatic heterocycles. The quantitative estimate of drug-likeness (QED) is 0.645. The lowest BCUT2D eigenvalue weighted by atomic mass is 10.1. The van der Waals surface area contributed by atoms with Crippen molar-refractivity contribution < 1.29 is 14.1 Å². The largest absolute Gasteiger partial charge is 0.660 e. The third-order valence-corrected chi connectivity index (χ3v) is 2.50. The molecular formula is C8H14N4O2. The Morgan fingerprint density at radius 3 is 2.86 bits per heavy atom. The van der Waals surface area contributed by atoms with E-state index in [9.17, 15) is 0 Å². The highest BCUT2D eigenvalue weighted by atomic mass is 16.5. The van der Waals surface area contributed by atoms with Gasteiger partial charge in [-0.15, -0.1) is 0 Å². The van der Waals surface area contributed by atoms with Gasteiger partial charge in [0.05, 0.1) is 24.0 Å². The molecule has 1 fully saturated rings. The van der Waals surface area contributed by atoms with Gasteiger partial charge in [-0.1, -0.05) is 0 Å². The van der Waals surface area contributed by atoms with Crippen molar-refractivity contribution in [1.82, 2.24) is 5.27 Å². The van der Waals surface area contributed by atoms with Gasteiger partial charge in [-0.05, 0) is 12.8 Å². The third kappa shape index (κ3) is 1.79. The Bertz CT molecular complexity index is 293. The maximum Gasteiger partial charge on any atom is 0.256 e. The van der Waals surface area contributed by atoms with Crippen LogP contribution in [0.1, 0.15) is 12.8 Å². The predicted molar refractivity (Wildman–Crippen MR) is 48.7 cm³/mol. The smallest absolute Gasteiger partial charge is 0.256 e. The number of nitrogens with zero attached hydrogens (tertiary/aromatic N) is 3. The van der Waals surface area contributed by atoms with Crippen molar-refractivity contribution in [2.24, 2.45) is 0 Å². The molecule has 1 aliphatic rings. The second-order valence-corrected chi connectivity index (χ2v) is 3.38. The fourth-order valence-corrected chi connectivity index (χ4v) is 1.65. The summed E-state index contributed by atoms with van der Waals surface area (Å²) in [4.78, 5) is 1.59. The Balaban J connectivity index is 1.95. The summed E-state index contributed by atoms with van der Waals surface area (Å²) in [6.45, 7) is 1.77. The van der Waals surface area contributed by atoms with Gasteiger partial charge >= 0.3 is 0 Å². The van der Waals surface area contributed by atoms with Gasteiger partial charge in [-0.3, -0.25) is 0 Å². The van der Waals surface area contributed by atoms with Gasteiger partial charge in [-0.25, -0.2) is 0 Å². The van der Waals surface area contributed by atoms with Crippen LogP contribution in [0.5, 0.6) is 0 Å². The highest BCUT2D eigenvalue weighted by molar-refractivity contribution is 5.19. The van der Waals surface area contributed by atoms with Crippen molar-refractivity contribution >= 4 is 5.88 Å². The van der Waals surface area contributed by atoms with Gasteiger partial charge < -0.3 is 15.0 Å². The van der Waals surface area contributed by atoms with E-state index >= 15 is 0 Å². The molecule has 0 amide bonds. The first-order valence-electron chi connectivity index (χ1n) is 4.68. The molecule has 6 nitrogen and oxygen atoms in total. The van der Waals surface area contributed by atoms with Gasteiger partial charge in [-0.2, -0.15) is 5.01 Å². The highest BCUT2D eigenvalue weighted by Crippen LogP contribution is 2.10. The number of ether oxygens (including phenoxy) is 1. The molecule has 0 spiro atoms. The van der Waals surface area contributed by atoms with Crippen LogP contribution < -0.4 is 9.80 Å². The minimum Gasteiger partial charge on any atom is -0.660 e. The molecule has 1 aliphatic heterocycles. The van der Waals surface area contributed by atoms with E-state index in [0.717, 1.165) is 25.9 Å². The second kappa shape index (κ2) is 3.83. The SMILES string of the molecule is COC1CCN([n+]2cc([NH-])on2)CC1. The molecule has 0 saturated carbocycles. The Kier molecular flexibility index (Phi) is 2.53. The summed E-state index contributed by atoms with van der Waals surface area (Å²) in [6.07, 6.45) is 3.90. The van der Waals surface area contributed by atoms with E-state index in [0.29, 0.717) is 6.10 Å². The van der Waals surface area contributed by atoms with Crippen LogP contribution >= 0.6 is 0 Å². The minimum atomic E-state index is 0.0823.